The molecule has 0 fully saturated rings. The van der Waals surface area contributed by atoms with Crippen LogP contribution in [0.3, 0.4) is 0 Å². The van der Waals surface area contributed by atoms with Crippen molar-refractivity contribution in [2.24, 2.45) is 0 Å². The number of carbonyl (C=O) groups excluding carboxylic acids is 1. The lowest BCUT2D eigenvalue weighted by Gasteiger charge is -2.10. The number of aryl methyl sites for hydroxylation is 1. The number of hydrogen-bond donors (Lipinski definition) is 1. The second-order valence-electron chi connectivity index (χ2n) is 6.41. The average molecular weight is 411 g/mol. The molecule has 0 unspecified atom stereocenters. The van der Waals surface area contributed by atoms with Crippen molar-refractivity contribution in [3.8, 4) is 0 Å². The quantitative estimate of drug-likeness (QED) is 0.492. The van der Waals surface area contributed by atoms with Gasteiger partial charge >= 0.3 is 0 Å². The maximum absolute atomic E-state index is 13.7. The van der Waals surface area contributed by atoms with Gasteiger partial charge in [-0.3, -0.25) is 18.6 Å². The van der Waals surface area contributed by atoms with Gasteiger partial charge in [0.2, 0.25) is 11.7 Å². The largest absolute Gasteiger partial charge is 0.323 e. The normalized spacial score (nSPS) is 11.2. The van der Waals surface area contributed by atoms with Crippen LogP contribution in [0, 0.1) is 5.82 Å². The van der Waals surface area contributed by atoms with Crippen molar-refractivity contribution in [1.29, 1.82) is 0 Å². The van der Waals surface area contributed by atoms with E-state index in [2.05, 4.69) is 15.5 Å². The fourth-order valence-electron chi connectivity index (χ4n) is 3.13. The number of fused-ring (bicyclic) bond motifs is 3. The first-order chi connectivity index (χ1) is 14.1. The van der Waals surface area contributed by atoms with Crippen molar-refractivity contribution in [3.63, 3.8) is 0 Å². The molecule has 0 aliphatic carbocycles. The van der Waals surface area contributed by atoms with Gasteiger partial charge in [0.25, 0.3) is 5.56 Å². The summed E-state index contributed by atoms with van der Waals surface area (Å²) in [6.07, 6.45) is 0.772. The van der Waals surface area contributed by atoms with Gasteiger partial charge in [0.1, 0.15) is 5.82 Å². The fraction of sp³-hybridized carbons (Fsp3) is 0.200. The van der Waals surface area contributed by atoms with E-state index < -0.39 is 5.82 Å². The SMILES string of the molecule is CCCn1c(=O)c2ccccc2n2c(SCC(=O)Nc3ccccc3F)nnc12. The highest BCUT2D eigenvalue weighted by Gasteiger charge is 2.17. The van der Waals surface area contributed by atoms with E-state index in [0.717, 1.165) is 6.42 Å². The number of para-hydroxylation sites is 2. The van der Waals surface area contributed by atoms with Crippen LogP contribution >= 0.6 is 11.8 Å². The highest BCUT2D eigenvalue weighted by Crippen LogP contribution is 2.22. The van der Waals surface area contributed by atoms with Gasteiger partial charge in [0, 0.05) is 6.54 Å². The molecule has 29 heavy (non-hydrogen) atoms. The van der Waals surface area contributed by atoms with Crippen LogP contribution in [0.25, 0.3) is 16.7 Å². The fourth-order valence-corrected chi connectivity index (χ4v) is 3.87. The zero-order valence-corrected chi connectivity index (χ0v) is 16.4. The molecule has 0 saturated carbocycles. The Morgan fingerprint density at radius 1 is 1.14 bits per heavy atom. The van der Waals surface area contributed by atoms with Crippen molar-refractivity contribution in [3.05, 3.63) is 64.7 Å². The number of aromatic nitrogens is 4. The molecule has 0 aliphatic heterocycles. The number of thioether (sulfide) groups is 1. The molecular formula is C20H18FN5O2S. The number of anilines is 1. The molecule has 0 atom stereocenters. The first-order valence-electron chi connectivity index (χ1n) is 9.14. The van der Waals surface area contributed by atoms with Gasteiger partial charge in [-0.1, -0.05) is 43.0 Å². The van der Waals surface area contributed by atoms with E-state index in [0.29, 0.717) is 28.4 Å². The minimum Gasteiger partial charge on any atom is -0.323 e. The molecule has 0 radical (unpaired) electrons. The molecule has 9 heteroatoms. The number of benzene rings is 2. The molecule has 2 heterocycles. The summed E-state index contributed by atoms with van der Waals surface area (Å²) in [6.45, 7) is 2.50. The Hall–Kier alpha value is -3.20. The molecular weight excluding hydrogens is 393 g/mol. The Morgan fingerprint density at radius 2 is 1.90 bits per heavy atom. The van der Waals surface area contributed by atoms with Crippen LogP contribution in [0.4, 0.5) is 10.1 Å². The molecule has 0 spiro atoms. The maximum Gasteiger partial charge on any atom is 0.262 e. The molecule has 148 valence electrons. The Balaban J connectivity index is 1.67. The summed E-state index contributed by atoms with van der Waals surface area (Å²) >= 11 is 1.18. The number of rotatable bonds is 6. The zero-order valence-electron chi connectivity index (χ0n) is 15.6. The molecule has 0 bridgehead atoms. The van der Waals surface area contributed by atoms with Crippen LogP contribution in [0.2, 0.25) is 0 Å². The third-order valence-electron chi connectivity index (χ3n) is 4.41. The first-order valence-corrected chi connectivity index (χ1v) is 10.1. The van der Waals surface area contributed by atoms with Gasteiger partial charge in [0.15, 0.2) is 5.16 Å². The molecule has 0 aliphatic rings. The zero-order chi connectivity index (χ0) is 20.4. The second kappa shape index (κ2) is 8.04. The van der Waals surface area contributed by atoms with Crippen LogP contribution in [0.5, 0.6) is 0 Å². The van der Waals surface area contributed by atoms with E-state index in [9.17, 15) is 14.0 Å². The van der Waals surface area contributed by atoms with Crippen molar-refractivity contribution in [1.82, 2.24) is 19.2 Å². The molecule has 7 nitrogen and oxygen atoms in total. The monoisotopic (exact) mass is 411 g/mol. The number of halogens is 1. The topological polar surface area (TPSA) is 81.3 Å². The van der Waals surface area contributed by atoms with Gasteiger partial charge in [-0.15, -0.1) is 10.2 Å². The highest BCUT2D eigenvalue weighted by molar-refractivity contribution is 7.99. The van der Waals surface area contributed by atoms with E-state index >= 15 is 0 Å². The standard InChI is InChI=1S/C20H18FN5O2S/c1-2-11-25-18(28)13-7-3-6-10-16(13)26-19(25)23-24-20(26)29-12-17(27)22-15-9-5-4-8-14(15)21/h3-10H,2,11-12H2,1H3,(H,22,27). The number of carbonyl (C=O) groups is 1. The van der Waals surface area contributed by atoms with Crippen molar-refractivity contribution < 1.29 is 9.18 Å². The smallest absolute Gasteiger partial charge is 0.262 e. The van der Waals surface area contributed by atoms with Crippen LogP contribution in [0.1, 0.15) is 13.3 Å². The van der Waals surface area contributed by atoms with Crippen molar-refractivity contribution in [2.45, 2.75) is 25.0 Å². The second-order valence-corrected chi connectivity index (χ2v) is 7.35. The summed E-state index contributed by atoms with van der Waals surface area (Å²) in [7, 11) is 0. The minimum absolute atomic E-state index is 0.0242. The van der Waals surface area contributed by atoms with Gasteiger partial charge in [-0.25, -0.2) is 4.39 Å². The summed E-state index contributed by atoms with van der Waals surface area (Å²) < 4.78 is 17.1. The molecule has 4 rings (SSSR count). The first kappa shape index (κ1) is 19.1. The molecule has 4 aromatic rings. The predicted octanol–water partition coefficient (Wildman–Crippen LogP) is 3.32. The summed E-state index contributed by atoms with van der Waals surface area (Å²) in [5, 5.41) is 12.0. The Kier molecular flexibility index (Phi) is 5.30. The Bertz CT molecular complexity index is 1270. The lowest BCUT2D eigenvalue weighted by atomic mass is 10.2. The molecule has 2 aromatic heterocycles. The third kappa shape index (κ3) is 3.61. The number of amides is 1. The minimum atomic E-state index is -0.492. The van der Waals surface area contributed by atoms with Gasteiger partial charge in [-0.05, 0) is 30.7 Å². The van der Waals surface area contributed by atoms with Crippen molar-refractivity contribution >= 4 is 40.0 Å². The molecule has 2 aromatic carbocycles. The number of hydrogen-bond acceptors (Lipinski definition) is 5. The van der Waals surface area contributed by atoms with Crippen LogP contribution in [-0.2, 0) is 11.3 Å². The summed E-state index contributed by atoms with van der Waals surface area (Å²) in [6, 6.07) is 13.2. The molecule has 0 saturated heterocycles. The van der Waals surface area contributed by atoms with Gasteiger partial charge in [-0.2, -0.15) is 0 Å². The Labute approximate surface area is 169 Å². The average Bonchev–Trinajstić information content (AvgIpc) is 3.15. The van der Waals surface area contributed by atoms with Crippen molar-refractivity contribution in [2.75, 3.05) is 11.1 Å². The lowest BCUT2D eigenvalue weighted by Crippen LogP contribution is -2.23. The molecule has 1 N–H and O–H groups in total. The van der Waals surface area contributed by atoms with E-state index in [1.807, 2.05) is 25.1 Å². The Morgan fingerprint density at radius 3 is 2.69 bits per heavy atom. The lowest BCUT2D eigenvalue weighted by molar-refractivity contribution is -0.113. The summed E-state index contributed by atoms with van der Waals surface area (Å²) in [5.41, 5.74) is 0.699. The van der Waals surface area contributed by atoms with Crippen LogP contribution in [0.15, 0.2) is 58.5 Å². The van der Waals surface area contributed by atoms with E-state index in [-0.39, 0.29) is 22.9 Å². The summed E-state index contributed by atoms with van der Waals surface area (Å²) in [4.78, 5) is 25.1. The maximum atomic E-state index is 13.7. The van der Waals surface area contributed by atoms with Crippen LogP contribution < -0.4 is 10.9 Å². The van der Waals surface area contributed by atoms with E-state index in [1.165, 1.54) is 23.9 Å². The third-order valence-corrected chi connectivity index (χ3v) is 5.33. The van der Waals surface area contributed by atoms with E-state index in [4.69, 9.17) is 0 Å². The number of nitrogens with one attached hydrogen (secondary N) is 1. The van der Waals surface area contributed by atoms with Gasteiger partial charge < -0.3 is 5.32 Å². The number of nitrogens with zero attached hydrogens (tertiary/aromatic N) is 4. The van der Waals surface area contributed by atoms with E-state index in [1.54, 1.807) is 27.2 Å². The van der Waals surface area contributed by atoms with Crippen LogP contribution in [-0.4, -0.2) is 30.8 Å². The molecule has 1 amide bonds. The summed E-state index contributed by atoms with van der Waals surface area (Å²) in [5.74, 6) is -0.389. The van der Waals surface area contributed by atoms with Gasteiger partial charge in [0.05, 0.1) is 22.3 Å². The predicted molar refractivity (Wildman–Crippen MR) is 111 cm³/mol. The highest BCUT2D eigenvalue weighted by atomic mass is 32.2.